The number of carbonyl (C=O) groups is 2. The second-order valence-electron chi connectivity index (χ2n) is 6.42. The summed E-state index contributed by atoms with van der Waals surface area (Å²) in [6.07, 6.45) is 1.13. The molecule has 0 aliphatic carbocycles. The number of amidine groups is 1. The van der Waals surface area contributed by atoms with E-state index in [-0.39, 0.29) is 35.4 Å². The third-order valence-corrected chi connectivity index (χ3v) is 3.37. The van der Waals surface area contributed by atoms with E-state index in [0.717, 1.165) is 6.42 Å². The molecular formula is C15H29N3O2. The molecule has 0 saturated heterocycles. The lowest BCUT2D eigenvalue weighted by Gasteiger charge is -2.33. The lowest BCUT2D eigenvalue weighted by molar-refractivity contribution is -0.130. The summed E-state index contributed by atoms with van der Waals surface area (Å²) < 4.78 is 0. The highest BCUT2D eigenvalue weighted by molar-refractivity contribution is 5.92. The highest BCUT2D eigenvalue weighted by Crippen LogP contribution is 2.33. The molecule has 0 radical (unpaired) electrons. The zero-order valence-electron chi connectivity index (χ0n) is 13.6. The number of hydrogen-bond donors (Lipinski definition) is 2. The zero-order chi connectivity index (χ0) is 15.9. The number of aliphatic imine (C=N–C) groups is 1. The summed E-state index contributed by atoms with van der Waals surface area (Å²) in [7, 11) is 0. The molecule has 20 heavy (non-hydrogen) atoms. The normalized spacial score (nSPS) is 15.6. The van der Waals surface area contributed by atoms with Gasteiger partial charge < -0.3 is 11.1 Å². The van der Waals surface area contributed by atoms with Crippen molar-refractivity contribution in [1.29, 1.82) is 0 Å². The molecule has 0 fully saturated rings. The summed E-state index contributed by atoms with van der Waals surface area (Å²) in [5, 5.41) is 2.84. The van der Waals surface area contributed by atoms with E-state index in [9.17, 15) is 9.59 Å². The van der Waals surface area contributed by atoms with E-state index in [0.29, 0.717) is 12.5 Å². The molecule has 2 amide bonds. The number of nitrogens with two attached hydrogens (primary N) is 1. The molecule has 2 atom stereocenters. The van der Waals surface area contributed by atoms with Gasteiger partial charge in [0.05, 0.1) is 5.84 Å². The van der Waals surface area contributed by atoms with E-state index >= 15 is 0 Å². The third kappa shape index (κ3) is 6.68. The summed E-state index contributed by atoms with van der Waals surface area (Å²) >= 11 is 0. The van der Waals surface area contributed by atoms with Crippen LogP contribution in [0, 0.1) is 17.3 Å². The van der Waals surface area contributed by atoms with Crippen LogP contribution in [0.15, 0.2) is 4.99 Å². The second kappa shape index (κ2) is 8.02. The van der Waals surface area contributed by atoms with Crippen molar-refractivity contribution >= 4 is 17.6 Å². The first-order valence-corrected chi connectivity index (χ1v) is 7.20. The van der Waals surface area contributed by atoms with Crippen LogP contribution < -0.4 is 11.1 Å². The van der Waals surface area contributed by atoms with Crippen molar-refractivity contribution in [2.75, 3.05) is 6.54 Å². The predicted molar refractivity (Wildman–Crippen MR) is 82.3 cm³/mol. The number of hydrogen-bond acceptors (Lipinski definition) is 2. The van der Waals surface area contributed by atoms with Crippen LogP contribution in [0.5, 0.6) is 0 Å². The van der Waals surface area contributed by atoms with Crippen LogP contribution >= 0.6 is 0 Å². The molecule has 0 aromatic rings. The van der Waals surface area contributed by atoms with Crippen molar-refractivity contribution in [3.05, 3.63) is 0 Å². The van der Waals surface area contributed by atoms with Gasteiger partial charge in [-0.3, -0.25) is 9.59 Å². The van der Waals surface area contributed by atoms with Gasteiger partial charge in [-0.1, -0.05) is 41.0 Å². The van der Waals surface area contributed by atoms with Gasteiger partial charge in [0.15, 0.2) is 0 Å². The summed E-state index contributed by atoms with van der Waals surface area (Å²) in [5.41, 5.74) is 5.23. The lowest BCUT2D eigenvalue weighted by atomic mass is 9.72. The van der Waals surface area contributed by atoms with Crippen LogP contribution in [0.3, 0.4) is 0 Å². The Balaban J connectivity index is 4.50. The number of carbonyl (C=O) groups excluding carboxylic acids is 2. The molecule has 5 heteroatoms. The Morgan fingerprint density at radius 3 is 2.25 bits per heavy atom. The van der Waals surface area contributed by atoms with Gasteiger partial charge in [0, 0.05) is 18.9 Å². The maximum atomic E-state index is 12.3. The molecule has 0 spiro atoms. The Labute approximate surface area is 122 Å². The Morgan fingerprint density at radius 2 is 1.85 bits per heavy atom. The first-order chi connectivity index (χ1) is 9.09. The molecule has 116 valence electrons. The van der Waals surface area contributed by atoms with Crippen LogP contribution in [-0.4, -0.2) is 24.2 Å². The van der Waals surface area contributed by atoms with Gasteiger partial charge in [0.2, 0.25) is 11.8 Å². The van der Waals surface area contributed by atoms with Crippen molar-refractivity contribution in [2.24, 2.45) is 28.0 Å². The molecule has 0 saturated carbocycles. The summed E-state index contributed by atoms with van der Waals surface area (Å²) in [6.45, 7) is 12.2. The van der Waals surface area contributed by atoms with Crippen LogP contribution in [0.25, 0.3) is 0 Å². The largest absolute Gasteiger partial charge is 0.387 e. The van der Waals surface area contributed by atoms with Gasteiger partial charge in [-0.15, -0.1) is 0 Å². The van der Waals surface area contributed by atoms with E-state index in [1.807, 2.05) is 0 Å². The monoisotopic (exact) mass is 283 g/mol. The molecule has 0 heterocycles. The minimum absolute atomic E-state index is 0.00750. The third-order valence-electron chi connectivity index (χ3n) is 3.37. The summed E-state index contributed by atoms with van der Waals surface area (Å²) in [6, 6.07) is 0. The molecule has 0 aromatic carbocycles. The van der Waals surface area contributed by atoms with E-state index in [4.69, 9.17) is 5.73 Å². The van der Waals surface area contributed by atoms with Crippen molar-refractivity contribution in [3.63, 3.8) is 0 Å². The number of amides is 2. The first-order valence-electron chi connectivity index (χ1n) is 7.20. The predicted octanol–water partition coefficient (Wildman–Crippen LogP) is 2.10. The van der Waals surface area contributed by atoms with Crippen molar-refractivity contribution in [1.82, 2.24) is 5.32 Å². The van der Waals surface area contributed by atoms with E-state index in [2.05, 4.69) is 44.9 Å². The topological polar surface area (TPSA) is 84.5 Å². The van der Waals surface area contributed by atoms with Gasteiger partial charge in [-0.2, -0.15) is 0 Å². The van der Waals surface area contributed by atoms with Crippen LogP contribution in [0.2, 0.25) is 0 Å². The zero-order valence-corrected chi connectivity index (χ0v) is 13.6. The number of nitrogens with zero attached hydrogens (tertiary/aromatic N) is 1. The maximum Gasteiger partial charge on any atom is 0.249 e. The fourth-order valence-corrected chi connectivity index (χ4v) is 2.40. The molecule has 0 bridgehead atoms. The minimum Gasteiger partial charge on any atom is -0.387 e. The quantitative estimate of drug-likeness (QED) is 0.578. The second-order valence-corrected chi connectivity index (χ2v) is 6.42. The van der Waals surface area contributed by atoms with Gasteiger partial charge in [0.25, 0.3) is 0 Å². The Hall–Kier alpha value is -1.39. The Morgan fingerprint density at radius 1 is 1.30 bits per heavy atom. The Bertz CT molecular complexity index is 366. The highest BCUT2D eigenvalue weighted by Gasteiger charge is 2.34. The average Bonchev–Trinajstić information content (AvgIpc) is 2.25. The lowest BCUT2D eigenvalue weighted by Crippen LogP contribution is -2.42. The van der Waals surface area contributed by atoms with Crippen LogP contribution in [0.4, 0.5) is 0 Å². The van der Waals surface area contributed by atoms with Gasteiger partial charge in [-0.05, 0) is 18.3 Å². The van der Waals surface area contributed by atoms with E-state index < -0.39 is 0 Å². The fourth-order valence-electron chi connectivity index (χ4n) is 2.40. The number of rotatable bonds is 6. The molecule has 0 aliphatic heterocycles. The maximum absolute atomic E-state index is 12.3. The molecule has 0 rings (SSSR count). The average molecular weight is 283 g/mol. The van der Waals surface area contributed by atoms with E-state index in [1.54, 1.807) is 6.92 Å². The minimum atomic E-state index is -0.304. The molecule has 2 unspecified atom stereocenters. The van der Waals surface area contributed by atoms with Gasteiger partial charge in [-0.25, -0.2) is 4.99 Å². The summed E-state index contributed by atoms with van der Waals surface area (Å²) in [4.78, 5) is 27.3. The smallest absolute Gasteiger partial charge is 0.249 e. The summed E-state index contributed by atoms with van der Waals surface area (Å²) in [5.74, 6) is 0.181. The SMILES string of the molecule is CCC(C)C(C(=O)NCCC(=O)N=C(C)N)C(C)(C)C. The van der Waals surface area contributed by atoms with Gasteiger partial charge in [0.1, 0.15) is 0 Å². The standard InChI is InChI=1S/C15H29N3O2/c1-7-10(2)13(15(4,5)6)14(20)17-9-8-12(19)18-11(3)16/h10,13H,7-9H2,1-6H3,(H,17,20)(H2,16,18,19). The number of nitrogens with one attached hydrogen (secondary N) is 1. The molecule has 5 nitrogen and oxygen atoms in total. The molecular weight excluding hydrogens is 254 g/mol. The van der Waals surface area contributed by atoms with Gasteiger partial charge >= 0.3 is 0 Å². The molecule has 3 N–H and O–H groups in total. The highest BCUT2D eigenvalue weighted by atomic mass is 16.2. The van der Waals surface area contributed by atoms with Crippen LogP contribution in [0.1, 0.15) is 54.4 Å². The molecule has 0 aliphatic rings. The van der Waals surface area contributed by atoms with Crippen molar-refractivity contribution in [3.8, 4) is 0 Å². The molecule has 0 aromatic heterocycles. The first kappa shape index (κ1) is 18.6. The van der Waals surface area contributed by atoms with Crippen molar-refractivity contribution < 1.29 is 9.59 Å². The van der Waals surface area contributed by atoms with E-state index in [1.165, 1.54) is 0 Å². The van der Waals surface area contributed by atoms with Crippen LogP contribution in [-0.2, 0) is 9.59 Å². The fraction of sp³-hybridized carbons (Fsp3) is 0.800. The van der Waals surface area contributed by atoms with Crippen molar-refractivity contribution in [2.45, 2.75) is 54.4 Å². The Kier molecular flexibility index (Phi) is 7.46.